The van der Waals surface area contributed by atoms with Crippen LogP contribution in [0.3, 0.4) is 0 Å². The third kappa shape index (κ3) is 1.69. The Morgan fingerprint density at radius 3 is 3.19 bits per heavy atom. The summed E-state index contributed by atoms with van der Waals surface area (Å²) in [5.41, 5.74) is 0.934. The van der Waals surface area contributed by atoms with Crippen LogP contribution in [-0.4, -0.2) is 33.4 Å². The Morgan fingerprint density at radius 2 is 2.44 bits per heavy atom. The van der Waals surface area contributed by atoms with Gasteiger partial charge in [-0.15, -0.1) is 0 Å². The molecule has 0 aromatic carbocycles. The molecule has 1 aliphatic rings. The number of ether oxygens (including phenoxy) is 1. The molecule has 1 aliphatic heterocycles. The first-order chi connectivity index (χ1) is 7.93. The largest absolute Gasteiger partial charge is 0.381 e. The van der Waals surface area contributed by atoms with Crippen molar-refractivity contribution in [2.75, 3.05) is 13.2 Å². The quantitative estimate of drug-likeness (QED) is 0.823. The summed E-state index contributed by atoms with van der Waals surface area (Å²) < 4.78 is 5.33. The van der Waals surface area contributed by atoms with Gasteiger partial charge in [0.2, 0.25) is 0 Å². The van der Waals surface area contributed by atoms with E-state index in [1.54, 1.807) is 12.4 Å². The lowest BCUT2D eigenvalue weighted by atomic mass is 10.1. The Morgan fingerprint density at radius 1 is 1.44 bits per heavy atom. The minimum Gasteiger partial charge on any atom is -0.381 e. The maximum absolute atomic E-state index is 5.33. The van der Waals surface area contributed by atoms with Gasteiger partial charge in [-0.05, 0) is 18.6 Å². The Labute approximate surface area is 92.9 Å². The Bertz CT molecular complexity index is 462. The van der Waals surface area contributed by atoms with Crippen LogP contribution in [0.25, 0.3) is 11.4 Å². The van der Waals surface area contributed by atoms with Gasteiger partial charge in [0.1, 0.15) is 5.82 Å². The average molecular weight is 216 g/mol. The number of nitrogens with one attached hydrogen (secondary N) is 1. The number of pyridine rings is 1. The van der Waals surface area contributed by atoms with E-state index in [1.807, 2.05) is 12.1 Å². The molecule has 0 amide bonds. The van der Waals surface area contributed by atoms with Gasteiger partial charge >= 0.3 is 0 Å². The van der Waals surface area contributed by atoms with Crippen LogP contribution in [0.2, 0.25) is 0 Å². The molecular weight excluding hydrogens is 204 g/mol. The van der Waals surface area contributed by atoms with E-state index in [2.05, 4.69) is 20.2 Å². The number of aromatic nitrogens is 4. The Hall–Kier alpha value is -1.75. The number of rotatable bonds is 2. The molecule has 0 radical (unpaired) electrons. The molecule has 1 fully saturated rings. The van der Waals surface area contributed by atoms with Crippen molar-refractivity contribution in [3.8, 4) is 11.4 Å². The van der Waals surface area contributed by atoms with Gasteiger partial charge in [-0.25, -0.2) is 4.98 Å². The maximum Gasteiger partial charge on any atom is 0.182 e. The van der Waals surface area contributed by atoms with Crippen molar-refractivity contribution in [1.29, 1.82) is 0 Å². The van der Waals surface area contributed by atoms with Crippen LogP contribution in [0.15, 0.2) is 24.5 Å². The van der Waals surface area contributed by atoms with Crippen molar-refractivity contribution in [2.24, 2.45) is 0 Å². The summed E-state index contributed by atoms with van der Waals surface area (Å²) >= 11 is 0. The fraction of sp³-hybridized carbons (Fsp3) is 0.364. The smallest absolute Gasteiger partial charge is 0.182 e. The van der Waals surface area contributed by atoms with Gasteiger partial charge in [-0.2, -0.15) is 5.10 Å². The zero-order valence-electron chi connectivity index (χ0n) is 8.76. The maximum atomic E-state index is 5.33. The lowest BCUT2D eigenvalue weighted by Crippen LogP contribution is -1.99. The highest BCUT2D eigenvalue weighted by atomic mass is 16.5. The summed E-state index contributed by atoms with van der Waals surface area (Å²) in [5, 5.41) is 7.18. The van der Waals surface area contributed by atoms with Gasteiger partial charge in [-0.3, -0.25) is 10.1 Å². The van der Waals surface area contributed by atoms with E-state index >= 15 is 0 Å². The van der Waals surface area contributed by atoms with E-state index in [0.29, 0.717) is 11.7 Å². The Kier molecular flexibility index (Phi) is 2.38. The van der Waals surface area contributed by atoms with E-state index in [1.165, 1.54) is 0 Å². The van der Waals surface area contributed by atoms with Gasteiger partial charge in [0, 0.05) is 30.5 Å². The van der Waals surface area contributed by atoms with Crippen molar-refractivity contribution in [3.05, 3.63) is 30.4 Å². The van der Waals surface area contributed by atoms with Crippen molar-refractivity contribution in [1.82, 2.24) is 20.2 Å². The third-order valence-electron chi connectivity index (χ3n) is 2.74. The van der Waals surface area contributed by atoms with Crippen LogP contribution in [0.5, 0.6) is 0 Å². The number of aromatic amines is 1. The molecule has 0 saturated carbocycles. The van der Waals surface area contributed by atoms with E-state index in [-0.39, 0.29) is 0 Å². The second-order valence-corrected chi connectivity index (χ2v) is 3.85. The second-order valence-electron chi connectivity index (χ2n) is 3.85. The minimum atomic E-state index is 0.359. The van der Waals surface area contributed by atoms with E-state index in [9.17, 15) is 0 Å². The topological polar surface area (TPSA) is 63.7 Å². The summed E-state index contributed by atoms with van der Waals surface area (Å²) in [7, 11) is 0. The molecule has 2 aromatic heterocycles. The average Bonchev–Trinajstić information content (AvgIpc) is 3.01. The number of hydrogen-bond donors (Lipinski definition) is 1. The molecule has 3 heterocycles. The zero-order valence-corrected chi connectivity index (χ0v) is 8.76. The molecule has 0 unspecified atom stereocenters. The molecule has 1 saturated heterocycles. The lowest BCUT2D eigenvalue weighted by molar-refractivity contribution is 0.193. The summed E-state index contributed by atoms with van der Waals surface area (Å²) in [5.74, 6) is 1.98. The van der Waals surface area contributed by atoms with Gasteiger partial charge in [0.25, 0.3) is 0 Å². The highest BCUT2D eigenvalue weighted by Crippen LogP contribution is 2.23. The van der Waals surface area contributed by atoms with E-state index in [0.717, 1.165) is 31.0 Å². The van der Waals surface area contributed by atoms with Gasteiger partial charge in [0.05, 0.1) is 6.61 Å². The van der Waals surface area contributed by atoms with Crippen molar-refractivity contribution >= 4 is 0 Å². The van der Waals surface area contributed by atoms with Crippen molar-refractivity contribution in [2.45, 2.75) is 12.3 Å². The summed E-state index contributed by atoms with van der Waals surface area (Å²) in [4.78, 5) is 8.53. The van der Waals surface area contributed by atoms with E-state index < -0.39 is 0 Å². The molecule has 5 nitrogen and oxygen atoms in total. The third-order valence-corrected chi connectivity index (χ3v) is 2.74. The van der Waals surface area contributed by atoms with Gasteiger partial charge in [-0.1, -0.05) is 0 Å². The van der Waals surface area contributed by atoms with E-state index in [4.69, 9.17) is 4.74 Å². The monoisotopic (exact) mass is 216 g/mol. The molecule has 0 aliphatic carbocycles. The molecule has 0 spiro atoms. The molecule has 1 N–H and O–H groups in total. The first-order valence-corrected chi connectivity index (χ1v) is 5.34. The molecular formula is C11H12N4O. The summed E-state index contributed by atoms with van der Waals surface area (Å²) in [6, 6.07) is 3.83. The van der Waals surface area contributed by atoms with Crippen LogP contribution >= 0.6 is 0 Å². The van der Waals surface area contributed by atoms with Crippen LogP contribution in [-0.2, 0) is 4.74 Å². The molecule has 1 atom stereocenters. The number of H-pyrrole nitrogens is 1. The highest BCUT2D eigenvalue weighted by molar-refractivity contribution is 5.52. The van der Waals surface area contributed by atoms with Gasteiger partial charge < -0.3 is 4.74 Å². The fourth-order valence-electron chi connectivity index (χ4n) is 1.83. The number of nitrogens with zero attached hydrogens (tertiary/aromatic N) is 3. The lowest BCUT2D eigenvalue weighted by Gasteiger charge is -1.99. The van der Waals surface area contributed by atoms with Crippen LogP contribution in [0, 0.1) is 0 Å². The minimum absolute atomic E-state index is 0.359. The van der Waals surface area contributed by atoms with Crippen LogP contribution in [0.4, 0.5) is 0 Å². The molecule has 16 heavy (non-hydrogen) atoms. The SMILES string of the molecule is c1cncc(-c2n[nH]c([C@H]3CCOC3)n2)c1. The molecule has 0 bridgehead atoms. The fourth-order valence-corrected chi connectivity index (χ4v) is 1.83. The molecule has 5 heteroatoms. The molecule has 2 aromatic rings. The van der Waals surface area contributed by atoms with Crippen LogP contribution < -0.4 is 0 Å². The first kappa shape index (κ1) is 9.47. The summed E-state index contributed by atoms with van der Waals surface area (Å²) in [6.07, 6.45) is 4.52. The van der Waals surface area contributed by atoms with Crippen molar-refractivity contribution in [3.63, 3.8) is 0 Å². The zero-order chi connectivity index (χ0) is 10.8. The summed E-state index contributed by atoms with van der Waals surface area (Å²) in [6.45, 7) is 1.55. The predicted molar refractivity (Wildman–Crippen MR) is 57.8 cm³/mol. The van der Waals surface area contributed by atoms with Gasteiger partial charge in [0.15, 0.2) is 5.82 Å². The second kappa shape index (κ2) is 4.02. The molecule has 82 valence electrons. The van der Waals surface area contributed by atoms with Crippen LogP contribution in [0.1, 0.15) is 18.2 Å². The Balaban J connectivity index is 1.87. The standard InChI is InChI=1S/C11H12N4O/c1-2-8(6-12-4-1)10-13-11(15-14-10)9-3-5-16-7-9/h1-2,4,6,9H,3,5,7H2,(H,13,14,15)/t9-/m0/s1. The van der Waals surface area contributed by atoms with Crippen molar-refractivity contribution < 1.29 is 4.74 Å². The highest BCUT2D eigenvalue weighted by Gasteiger charge is 2.21. The molecule has 3 rings (SSSR count). The normalized spacial score (nSPS) is 20.1. The number of hydrogen-bond acceptors (Lipinski definition) is 4. The first-order valence-electron chi connectivity index (χ1n) is 5.34. The predicted octanol–water partition coefficient (Wildman–Crippen LogP) is 1.37.